The molecule has 32 heavy (non-hydrogen) atoms. The fraction of sp³-hybridized carbons (Fsp3) is 0.222. The molecule has 1 amide bonds. The third kappa shape index (κ3) is 4.06. The van der Waals surface area contributed by atoms with Crippen LogP contribution >= 0.6 is 0 Å². The molecule has 1 atom stereocenters. The number of aliphatic hydroxyl groups is 1. The summed E-state index contributed by atoms with van der Waals surface area (Å²) in [5, 5.41) is 11.1. The Bertz CT molecular complexity index is 1150. The first-order valence-electron chi connectivity index (χ1n) is 10.9. The van der Waals surface area contributed by atoms with Gasteiger partial charge >= 0.3 is 0 Å². The molecule has 0 bridgehead atoms. The van der Waals surface area contributed by atoms with Crippen LogP contribution in [0.4, 0.5) is 5.69 Å². The topological polar surface area (TPSA) is 70.5 Å². The van der Waals surface area contributed by atoms with Crippen LogP contribution in [-0.4, -0.2) is 21.8 Å². The highest BCUT2D eigenvalue weighted by atomic mass is 16.3. The molecule has 1 N–H and O–H groups in total. The number of unbranched alkanes of at least 4 members (excludes halogenated alkanes) is 1. The van der Waals surface area contributed by atoms with Gasteiger partial charge in [-0.25, -0.2) is 0 Å². The van der Waals surface area contributed by atoms with Crippen LogP contribution < -0.4 is 4.90 Å². The molecule has 0 radical (unpaired) electrons. The largest absolute Gasteiger partial charge is 0.507 e. The Balaban J connectivity index is 1.83. The van der Waals surface area contributed by atoms with Crippen molar-refractivity contribution in [3.05, 3.63) is 101 Å². The van der Waals surface area contributed by atoms with Gasteiger partial charge in [0.15, 0.2) is 0 Å². The lowest BCUT2D eigenvalue weighted by molar-refractivity contribution is -0.132. The summed E-state index contributed by atoms with van der Waals surface area (Å²) in [7, 11) is 0. The van der Waals surface area contributed by atoms with E-state index in [1.54, 1.807) is 30.6 Å². The zero-order valence-electron chi connectivity index (χ0n) is 18.3. The van der Waals surface area contributed by atoms with Gasteiger partial charge in [-0.15, -0.1) is 0 Å². The third-order valence-corrected chi connectivity index (χ3v) is 5.80. The fourth-order valence-corrected chi connectivity index (χ4v) is 4.02. The van der Waals surface area contributed by atoms with E-state index in [4.69, 9.17) is 0 Å². The van der Waals surface area contributed by atoms with Gasteiger partial charge in [-0.1, -0.05) is 61.4 Å². The van der Waals surface area contributed by atoms with Gasteiger partial charge in [-0.2, -0.15) is 0 Å². The number of amides is 1. The smallest absolute Gasteiger partial charge is 0.300 e. The molecule has 0 saturated carbocycles. The fourth-order valence-electron chi connectivity index (χ4n) is 4.02. The van der Waals surface area contributed by atoms with Crippen molar-refractivity contribution in [1.29, 1.82) is 0 Å². The van der Waals surface area contributed by atoms with E-state index in [9.17, 15) is 14.7 Å². The predicted octanol–water partition coefficient (Wildman–Crippen LogP) is 5.36. The van der Waals surface area contributed by atoms with Crippen molar-refractivity contribution in [3.8, 4) is 0 Å². The minimum atomic E-state index is -0.758. The van der Waals surface area contributed by atoms with Gasteiger partial charge in [0.05, 0.1) is 11.6 Å². The number of hydrogen-bond donors (Lipinski definition) is 1. The molecule has 4 rings (SSSR count). The summed E-state index contributed by atoms with van der Waals surface area (Å²) in [6.45, 7) is 4.10. The first-order chi connectivity index (χ1) is 15.5. The second kappa shape index (κ2) is 9.18. The maximum Gasteiger partial charge on any atom is 0.300 e. The summed E-state index contributed by atoms with van der Waals surface area (Å²) in [5.41, 5.74) is 4.07. The minimum absolute atomic E-state index is 0.0712. The molecule has 1 aromatic heterocycles. The van der Waals surface area contributed by atoms with Gasteiger partial charge in [-0.3, -0.25) is 19.5 Å². The zero-order chi connectivity index (χ0) is 22.7. The Kier molecular flexibility index (Phi) is 6.17. The van der Waals surface area contributed by atoms with Gasteiger partial charge in [0.2, 0.25) is 0 Å². The molecular weight excluding hydrogens is 400 g/mol. The molecule has 3 aromatic rings. The van der Waals surface area contributed by atoms with Crippen LogP contribution in [0.5, 0.6) is 0 Å². The number of Topliss-reactive ketones (excluding diaryl/α,β-unsaturated/α-hetero) is 1. The predicted molar refractivity (Wildman–Crippen MR) is 125 cm³/mol. The van der Waals surface area contributed by atoms with E-state index in [1.165, 1.54) is 10.5 Å². The summed E-state index contributed by atoms with van der Waals surface area (Å²) in [4.78, 5) is 31.9. The number of pyridine rings is 1. The SMILES string of the molecule is CCCCc1ccc(N2C(=O)C(=O)C(=C(O)c3ccc(C)cc3)[C@H]2c2cccnc2)cc1. The number of benzene rings is 2. The number of aryl methyl sites for hydroxylation is 2. The van der Waals surface area contributed by atoms with Crippen molar-refractivity contribution in [2.45, 2.75) is 39.2 Å². The van der Waals surface area contributed by atoms with Crippen LogP contribution in [-0.2, 0) is 16.0 Å². The summed E-state index contributed by atoms with van der Waals surface area (Å²) >= 11 is 0. The molecule has 5 nitrogen and oxygen atoms in total. The van der Waals surface area contributed by atoms with E-state index in [0.29, 0.717) is 16.8 Å². The standard InChI is InChI=1S/C27H26N2O3/c1-3-4-6-19-10-14-22(15-11-19)29-24(21-7-5-16-28-17-21)23(26(31)27(29)32)25(30)20-12-8-18(2)9-13-20/h5,7-17,24,30H,3-4,6H2,1-2H3/t24-/m1/s1. The highest BCUT2D eigenvalue weighted by Crippen LogP contribution is 2.41. The quantitative estimate of drug-likeness (QED) is 0.327. The Hall–Kier alpha value is -3.73. The summed E-state index contributed by atoms with van der Waals surface area (Å²) in [6.07, 6.45) is 6.43. The molecule has 5 heteroatoms. The summed E-state index contributed by atoms with van der Waals surface area (Å²) < 4.78 is 0. The summed E-state index contributed by atoms with van der Waals surface area (Å²) in [5.74, 6) is -1.54. The van der Waals surface area contributed by atoms with Crippen LogP contribution in [0.15, 0.2) is 78.6 Å². The molecule has 0 unspecified atom stereocenters. The average Bonchev–Trinajstić information content (AvgIpc) is 3.09. The van der Waals surface area contributed by atoms with E-state index < -0.39 is 17.7 Å². The van der Waals surface area contributed by atoms with Gasteiger partial charge in [0, 0.05) is 23.6 Å². The molecule has 1 aliphatic heterocycles. The molecule has 2 heterocycles. The first-order valence-corrected chi connectivity index (χ1v) is 10.9. The molecule has 1 saturated heterocycles. The van der Waals surface area contributed by atoms with Crippen molar-refractivity contribution in [3.63, 3.8) is 0 Å². The second-order valence-electron chi connectivity index (χ2n) is 8.09. The second-order valence-corrected chi connectivity index (χ2v) is 8.09. The van der Waals surface area contributed by atoms with E-state index in [-0.39, 0.29) is 11.3 Å². The van der Waals surface area contributed by atoms with Crippen LogP contribution in [0.3, 0.4) is 0 Å². The number of carbonyl (C=O) groups excluding carboxylic acids is 2. The van der Waals surface area contributed by atoms with Gasteiger partial charge in [0.1, 0.15) is 5.76 Å². The lowest BCUT2D eigenvalue weighted by Crippen LogP contribution is -2.29. The van der Waals surface area contributed by atoms with Crippen molar-refractivity contribution in [2.75, 3.05) is 4.90 Å². The Labute approximate surface area is 188 Å². The van der Waals surface area contributed by atoms with Crippen molar-refractivity contribution >= 4 is 23.1 Å². The zero-order valence-corrected chi connectivity index (χ0v) is 18.3. The van der Waals surface area contributed by atoms with Crippen LogP contribution in [0.25, 0.3) is 5.76 Å². The molecule has 162 valence electrons. The molecule has 0 spiro atoms. The number of rotatable bonds is 6. The lowest BCUT2D eigenvalue weighted by atomic mass is 9.96. The summed E-state index contributed by atoms with van der Waals surface area (Å²) in [6, 6.07) is 17.8. The minimum Gasteiger partial charge on any atom is -0.507 e. The molecule has 2 aromatic carbocycles. The Morgan fingerprint density at radius 2 is 1.75 bits per heavy atom. The van der Waals surface area contributed by atoms with Gasteiger partial charge in [0.25, 0.3) is 11.7 Å². The van der Waals surface area contributed by atoms with E-state index in [2.05, 4.69) is 11.9 Å². The lowest BCUT2D eigenvalue weighted by Gasteiger charge is -2.25. The number of ketones is 1. The molecule has 0 aliphatic carbocycles. The molecular formula is C27H26N2O3. The number of aliphatic hydroxyl groups excluding tert-OH is 1. The molecule has 1 aliphatic rings. The van der Waals surface area contributed by atoms with Gasteiger partial charge < -0.3 is 5.11 Å². The Morgan fingerprint density at radius 1 is 1.03 bits per heavy atom. The third-order valence-electron chi connectivity index (χ3n) is 5.80. The normalized spacial score (nSPS) is 17.7. The van der Waals surface area contributed by atoms with Crippen molar-refractivity contribution in [1.82, 2.24) is 4.98 Å². The highest BCUT2D eigenvalue weighted by Gasteiger charge is 2.47. The average molecular weight is 427 g/mol. The maximum absolute atomic E-state index is 13.2. The maximum atomic E-state index is 13.2. The van der Waals surface area contributed by atoms with Crippen LogP contribution in [0.1, 0.15) is 48.1 Å². The van der Waals surface area contributed by atoms with E-state index in [0.717, 1.165) is 24.8 Å². The highest BCUT2D eigenvalue weighted by molar-refractivity contribution is 6.51. The van der Waals surface area contributed by atoms with Crippen molar-refractivity contribution < 1.29 is 14.7 Å². The van der Waals surface area contributed by atoms with E-state index in [1.807, 2.05) is 49.4 Å². The first kappa shape index (κ1) is 21.5. The van der Waals surface area contributed by atoms with Crippen LogP contribution in [0, 0.1) is 6.92 Å². The number of nitrogens with zero attached hydrogens (tertiary/aromatic N) is 2. The van der Waals surface area contributed by atoms with E-state index >= 15 is 0 Å². The van der Waals surface area contributed by atoms with Gasteiger partial charge in [-0.05, 0) is 49.1 Å². The number of carbonyl (C=O) groups is 2. The molecule has 1 fully saturated rings. The number of aromatic nitrogens is 1. The van der Waals surface area contributed by atoms with Crippen molar-refractivity contribution in [2.24, 2.45) is 0 Å². The van der Waals surface area contributed by atoms with Crippen LogP contribution in [0.2, 0.25) is 0 Å². The number of anilines is 1. The monoisotopic (exact) mass is 426 g/mol. The Morgan fingerprint density at radius 3 is 2.38 bits per heavy atom. The number of hydrogen-bond acceptors (Lipinski definition) is 4.